The van der Waals surface area contributed by atoms with Crippen LogP contribution in [-0.4, -0.2) is 18.0 Å². The maximum absolute atomic E-state index is 7.50. The Kier molecular flexibility index (Phi) is 8.17. The van der Waals surface area contributed by atoms with Crippen molar-refractivity contribution in [2.45, 2.75) is 5.92 Å². The van der Waals surface area contributed by atoms with Crippen LogP contribution >= 0.6 is 0 Å². The van der Waals surface area contributed by atoms with E-state index in [9.17, 15) is 0 Å². The maximum atomic E-state index is 7.50. The van der Waals surface area contributed by atoms with E-state index in [1.165, 1.54) is 71.8 Å². The number of benzene rings is 11. The van der Waals surface area contributed by atoms with Crippen LogP contribution in [-0.2, 0) is 0 Å². The molecule has 5 nitrogen and oxygen atoms in total. The van der Waals surface area contributed by atoms with Gasteiger partial charge in [-0.25, -0.2) is 0 Å². The van der Waals surface area contributed by atoms with Gasteiger partial charge in [-0.15, -0.1) is 0 Å². The smallest absolute Gasteiger partial charge is 0.256 e. The first-order valence-electron chi connectivity index (χ1n) is 25.7. The third-order valence-electron chi connectivity index (χ3n) is 16.5. The molecule has 0 bridgehead atoms. The van der Waals surface area contributed by atoms with Crippen LogP contribution in [0.5, 0.6) is 23.0 Å². The second-order valence-corrected chi connectivity index (χ2v) is 20.2. The summed E-state index contributed by atoms with van der Waals surface area (Å²) in [5.41, 5.74) is 23.7. The molecule has 342 valence electrons. The van der Waals surface area contributed by atoms with E-state index in [2.05, 4.69) is 257 Å². The summed E-state index contributed by atoms with van der Waals surface area (Å²) in [4.78, 5) is 5.00. The molecule has 0 saturated heterocycles. The van der Waals surface area contributed by atoms with Crippen LogP contribution in [0.25, 0.3) is 38.6 Å². The first-order chi connectivity index (χ1) is 36.8. The Morgan fingerprint density at radius 3 is 1.54 bits per heavy atom. The van der Waals surface area contributed by atoms with Crippen molar-refractivity contribution in [2.24, 2.45) is 0 Å². The lowest BCUT2D eigenvalue weighted by molar-refractivity contribution is 0.465. The van der Waals surface area contributed by atoms with E-state index in [1.54, 1.807) is 0 Å². The van der Waals surface area contributed by atoms with Crippen LogP contribution in [0.4, 0.5) is 34.1 Å². The van der Waals surface area contributed by atoms with Gasteiger partial charge in [-0.1, -0.05) is 170 Å². The van der Waals surface area contributed by atoms with Crippen molar-refractivity contribution in [1.82, 2.24) is 4.57 Å². The van der Waals surface area contributed by atoms with Gasteiger partial charge >= 0.3 is 0 Å². The molecule has 5 aliphatic rings. The summed E-state index contributed by atoms with van der Waals surface area (Å²) in [5.74, 6) is 3.40. The normalized spacial score (nSPS) is 14.7. The highest BCUT2D eigenvalue weighted by Crippen LogP contribution is 2.57. The average molecular weight is 942 g/mol. The molecule has 4 aliphatic heterocycles. The van der Waals surface area contributed by atoms with Gasteiger partial charge in [0.2, 0.25) is 0 Å². The van der Waals surface area contributed by atoms with Gasteiger partial charge in [-0.3, -0.25) is 0 Å². The fourth-order valence-corrected chi connectivity index (χ4v) is 13.7. The molecule has 0 fully saturated rings. The summed E-state index contributed by atoms with van der Waals surface area (Å²) in [5, 5.41) is 2.39. The molecule has 1 atom stereocenters. The highest BCUT2D eigenvalue weighted by atomic mass is 16.5. The van der Waals surface area contributed by atoms with Gasteiger partial charge < -0.3 is 23.8 Å². The topological polar surface area (TPSA) is 29.9 Å². The van der Waals surface area contributed by atoms with E-state index < -0.39 is 0 Å². The molecule has 0 N–H and O–H groups in total. The second-order valence-electron chi connectivity index (χ2n) is 20.2. The summed E-state index contributed by atoms with van der Waals surface area (Å²) in [7, 11) is 0. The molecule has 17 rings (SSSR count). The molecule has 0 radical (unpaired) electrons. The van der Waals surface area contributed by atoms with Crippen molar-refractivity contribution in [2.75, 3.05) is 9.80 Å². The predicted octanol–water partition coefficient (Wildman–Crippen LogP) is 12.8. The average Bonchev–Trinajstić information content (AvgIpc) is 3.97. The number of rotatable bonds is 4. The molecular weight excluding hydrogens is 900 g/mol. The van der Waals surface area contributed by atoms with E-state index in [0.717, 1.165) is 73.4 Å². The summed E-state index contributed by atoms with van der Waals surface area (Å²) in [6.07, 6.45) is 0. The standard InChI is InChI=1S/C67H41B2N3O2/c1-5-21-41(22-6-1)61-45-29-13-14-30-46(45)62-48(61)37-59-64-66(62)71(43-25-9-3-10-26-43)54-35-19-16-32-49(54)68(64)51-38-52-58(40-57(51)73-59)74-60-39-56-63(47-31-15-18-34-53(47)70(56)42-23-7-2-8-24-42)67-65(60)69(52)50-33-17-20-36-55(50)72(67)44-27-11-4-12-28-44/h1-40,61H. The van der Waals surface area contributed by atoms with Crippen molar-refractivity contribution < 1.29 is 9.47 Å². The lowest BCUT2D eigenvalue weighted by atomic mass is 9.31. The molecule has 11 aromatic carbocycles. The maximum Gasteiger partial charge on any atom is 0.256 e. The summed E-state index contributed by atoms with van der Waals surface area (Å²) < 4.78 is 17.4. The molecule has 1 aromatic heterocycles. The predicted molar refractivity (Wildman–Crippen MR) is 305 cm³/mol. The zero-order valence-corrected chi connectivity index (χ0v) is 40.0. The van der Waals surface area contributed by atoms with Crippen molar-refractivity contribution in [3.8, 4) is 39.8 Å². The number of aromatic nitrogens is 1. The highest BCUT2D eigenvalue weighted by molar-refractivity contribution is 7.02. The van der Waals surface area contributed by atoms with Gasteiger partial charge in [0.1, 0.15) is 23.0 Å². The molecular formula is C67H41B2N3O2. The molecule has 1 unspecified atom stereocenters. The fourth-order valence-electron chi connectivity index (χ4n) is 13.7. The molecule has 5 heterocycles. The first kappa shape index (κ1) is 40.2. The molecule has 12 aromatic rings. The molecule has 74 heavy (non-hydrogen) atoms. The lowest BCUT2D eigenvalue weighted by Crippen LogP contribution is -2.63. The first-order valence-corrected chi connectivity index (χ1v) is 25.7. The third-order valence-corrected chi connectivity index (χ3v) is 16.5. The zero-order chi connectivity index (χ0) is 48.2. The number of para-hydroxylation sites is 6. The van der Waals surface area contributed by atoms with Gasteiger partial charge in [0.05, 0.1) is 22.4 Å². The second kappa shape index (κ2) is 15.0. The molecule has 0 amide bonds. The van der Waals surface area contributed by atoms with E-state index in [4.69, 9.17) is 9.47 Å². The van der Waals surface area contributed by atoms with E-state index in [-0.39, 0.29) is 19.3 Å². The Morgan fingerprint density at radius 2 is 0.878 bits per heavy atom. The minimum Gasteiger partial charge on any atom is -0.458 e. The third kappa shape index (κ3) is 5.35. The Labute approximate surface area is 428 Å². The van der Waals surface area contributed by atoms with Crippen molar-refractivity contribution in [3.63, 3.8) is 0 Å². The lowest BCUT2D eigenvalue weighted by Gasteiger charge is -2.43. The minimum absolute atomic E-state index is 0.0323. The van der Waals surface area contributed by atoms with Gasteiger partial charge in [0.15, 0.2) is 0 Å². The van der Waals surface area contributed by atoms with Gasteiger partial charge in [0, 0.05) is 62.8 Å². The SMILES string of the molecule is c1ccc(C2c3ccccc3-c3c2cc2c4c3N(c3ccccc3)c3ccccc3B4c3cc4c(cc3O2)Oc2cc3c(c5c2B4c2ccccc2N5c2ccccc2)c2ccccc2n3-c2ccccc2)cc1. The molecule has 7 heteroatoms. The molecule has 0 spiro atoms. The Balaban J connectivity index is 0.955. The number of nitrogens with zero attached hydrogens (tertiary/aromatic N) is 3. The van der Waals surface area contributed by atoms with Crippen molar-refractivity contribution in [3.05, 3.63) is 259 Å². The monoisotopic (exact) mass is 941 g/mol. The van der Waals surface area contributed by atoms with Crippen molar-refractivity contribution in [1.29, 1.82) is 0 Å². The van der Waals surface area contributed by atoms with E-state index in [1.807, 2.05) is 0 Å². The number of anilines is 6. The quantitative estimate of drug-likeness (QED) is 0.165. The summed E-state index contributed by atoms with van der Waals surface area (Å²) in [6.45, 7) is -0.280. The van der Waals surface area contributed by atoms with Crippen LogP contribution in [0.2, 0.25) is 0 Å². The highest BCUT2D eigenvalue weighted by Gasteiger charge is 2.49. The van der Waals surface area contributed by atoms with Gasteiger partial charge in [-0.05, 0) is 116 Å². The number of hydrogen-bond donors (Lipinski definition) is 0. The van der Waals surface area contributed by atoms with Crippen molar-refractivity contribution >= 4 is 102 Å². The zero-order valence-electron chi connectivity index (χ0n) is 40.0. The van der Waals surface area contributed by atoms with Gasteiger partial charge in [0.25, 0.3) is 13.4 Å². The number of hydrogen-bond acceptors (Lipinski definition) is 4. The van der Waals surface area contributed by atoms with Crippen LogP contribution < -0.4 is 52.1 Å². The number of fused-ring (bicyclic) bond motifs is 16. The Hall–Kier alpha value is -9.45. The molecule has 0 saturated carbocycles. The largest absolute Gasteiger partial charge is 0.458 e. The van der Waals surface area contributed by atoms with Gasteiger partial charge in [-0.2, -0.15) is 0 Å². The summed E-state index contributed by atoms with van der Waals surface area (Å²) >= 11 is 0. The van der Waals surface area contributed by atoms with Crippen LogP contribution in [0.15, 0.2) is 243 Å². The summed E-state index contributed by atoms with van der Waals surface area (Å²) in [6, 6.07) is 88.7. The Bertz CT molecular complexity index is 4350. The Morgan fingerprint density at radius 1 is 0.365 bits per heavy atom. The minimum atomic E-state index is -0.146. The van der Waals surface area contributed by atoms with Crippen LogP contribution in [0, 0.1) is 0 Å². The van der Waals surface area contributed by atoms with E-state index in [0.29, 0.717) is 0 Å². The van der Waals surface area contributed by atoms with Crippen LogP contribution in [0.1, 0.15) is 22.6 Å². The van der Waals surface area contributed by atoms with Crippen LogP contribution in [0.3, 0.4) is 0 Å². The number of ether oxygens (including phenoxy) is 2. The van der Waals surface area contributed by atoms with E-state index >= 15 is 0 Å². The fraction of sp³-hybridized carbons (Fsp3) is 0.0149. The molecule has 1 aliphatic carbocycles.